The molecule has 4 aliphatic carbocycles. The van der Waals surface area contributed by atoms with Crippen molar-refractivity contribution in [1.82, 2.24) is 0 Å². The Kier molecular flexibility index (Phi) is 8.44. The molecule has 2 nitrogen and oxygen atoms in total. The molecule has 1 N–H and O–H groups in total. The molecule has 0 bridgehead atoms. The molecule has 4 aliphatic rings. The first-order valence-corrected chi connectivity index (χ1v) is 17.6. The zero-order chi connectivity index (χ0) is 22.1. The van der Waals surface area contributed by atoms with Crippen LogP contribution in [0.4, 0.5) is 0 Å². The average Bonchev–Trinajstić information content (AvgIpc) is 3.10. The van der Waals surface area contributed by atoms with E-state index in [9.17, 15) is 4.79 Å². The Hall–Kier alpha value is 0.392. The van der Waals surface area contributed by atoms with Crippen molar-refractivity contribution in [1.29, 1.82) is 0 Å². The molecule has 0 aliphatic heterocycles. The van der Waals surface area contributed by atoms with E-state index in [1.165, 1.54) is 90.0 Å². The quantitative estimate of drug-likeness (QED) is 0.331. The van der Waals surface area contributed by atoms with E-state index in [1.54, 1.807) is 0 Å². The molecule has 9 atom stereocenters. The van der Waals surface area contributed by atoms with Crippen molar-refractivity contribution in [2.75, 3.05) is 0 Å². The second-order valence-electron chi connectivity index (χ2n) is 11.8. The molecule has 170 valence electrons. The van der Waals surface area contributed by atoms with Crippen LogP contribution in [0, 0.1) is 52.3 Å². The van der Waals surface area contributed by atoms with Crippen LogP contribution in [0.5, 0.6) is 0 Å². The van der Waals surface area contributed by atoms with Crippen LogP contribution >= 0.6 is 0 Å². The fraction of sp³-hybridized carbons (Fsp3) is 0.963. The van der Waals surface area contributed by atoms with Crippen molar-refractivity contribution in [3.8, 4) is 0 Å². The Bertz CT molecular complexity index is 591. The summed E-state index contributed by atoms with van der Waals surface area (Å²) in [5.74, 6) is 5.44. The second kappa shape index (κ2) is 10.1. The molecule has 30 heavy (non-hydrogen) atoms. The molecule has 6 unspecified atom stereocenters. The van der Waals surface area contributed by atoms with Gasteiger partial charge in [0.15, 0.2) is 0 Å². The maximum absolute atomic E-state index is 11.1. The van der Waals surface area contributed by atoms with Crippen molar-refractivity contribution in [2.45, 2.75) is 109 Å². The Balaban J connectivity index is 0.00000124. The van der Waals surface area contributed by atoms with Crippen molar-refractivity contribution < 1.29 is 9.90 Å². The van der Waals surface area contributed by atoms with E-state index >= 15 is 0 Å². The van der Waals surface area contributed by atoms with E-state index < -0.39 is 5.97 Å². The van der Waals surface area contributed by atoms with Crippen LogP contribution in [0.1, 0.15) is 105 Å². The van der Waals surface area contributed by atoms with Gasteiger partial charge in [0.25, 0.3) is 0 Å². The number of fused-ring (bicyclic) bond motifs is 5. The van der Waals surface area contributed by atoms with Crippen LogP contribution in [0.15, 0.2) is 0 Å². The first kappa shape index (κ1) is 25.0. The van der Waals surface area contributed by atoms with Crippen molar-refractivity contribution in [2.24, 2.45) is 52.3 Å². The monoisotopic (exact) mass is 608 g/mol. The summed E-state index contributed by atoms with van der Waals surface area (Å²) in [4.78, 5) is 11.1. The average molecular weight is 608 g/mol. The van der Waals surface area contributed by atoms with Gasteiger partial charge >= 0.3 is 36.2 Å². The van der Waals surface area contributed by atoms with E-state index in [0.29, 0.717) is 23.2 Å². The van der Waals surface area contributed by atoms with Gasteiger partial charge in [-0.05, 0) is 104 Å². The van der Waals surface area contributed by atoms with Gasteiger partial charge in [0.05, 0.1) is 0 Å². The molecule has 3 heteroatoms. The van der Waals surface area contributed by atoms with Crippen LogP contribution in [-0.4, -0.2) is 36.8 Å². The number of carboxylic acid groups (broad SMARTS) is 1. The molecular weight excluding hydrogens is 561 g/mol. The van der Waals surface area contributed by atoms with Gasteiger partial charge in [-0.2, -0.15) is 0 Å². The minimum atomic E-state index is -0.621. The fourth-order valence-corrected chi connectivity index (χ4v) is 9.55. The molecule has 4 fully saturated rings. The Labute approximate surface area is 202 Å². The molecule has 0 radical (unpaired) electrons. The predicted octanol–water partition coefficient (Wildman–Crippen LogP) is 7.38. The molecule has 0 amide bonds. The third-order valence-electron chi connectivity index (χ3n) is 10.9. The van der Waals surface area contributed by atoms with Gasteiger partial charge in [-0.15, -0.1) is 0 Å². The zero-order valence-electron chi connectivity index (χ0n) is 20.5. The number of rotatable bonds is 5. The predicted molar refractivity (Wildman–Crippen MR) is 127 cm³/mol. The summed E-state index contributed by atoms with van der Waals surface area (Å²) in [7, 11) is 0. The summed E-state index contributed by atoms with van der Waals surface area (Å²) in [5, 5.41) is 9.15. The minimum absolute atomic E-state index is 0.349. The van der Waals surface area contributed by atoms with E-state index in [1.807, 2.05) is 0 Å². The van der Waals surface area contributed by atoms with E-state index in [2.05, 4.69) is 32.2 Å². The molecule has 4 saturated carbocycles. The Morgan fingerprint density at radius 3 is 2.37 bits per heavy atom. The van der Waals surface area contributed by atoms with Gasteiger partial charge in [0.2, 0.25) is 0 Å². The summed E-state index contributed by atoms with van der Waals surface area (Å²) < 4.78 is 2.17. The first-order valence-electron chi connectivity index (χ1n) is 13.1. The van der Waals surface area contributed by atoms with Crippen molar-refractivity contribution >= 4 is 31.7 Å². The van der Waals surface area contributed by atoms with Gasteiger partial charge < -0.3 is 5.11 Å². The zero-order valence-corrected chi connectivity index (χ0v) is 24.9. The Morgan fingerprint density at radius 1 is 1.00 bits per heavy atom. The molecule has 0 heterocycles. The van der Waals surface area contributed by atoms with Crippen LogP contribution in [0.3, 0.4) is 0 Å². The topological polar surface area (TPSA) is 37.3 Å². The number of hydrogen-bond acceptors (Lipinski definition) is 1. The van der Waals surface area contributed by atoms with Gasteiger partial charge in [0, 0.05) is 6.42 Å². The molecular formula is C27H47O2Tl. The van der Waals surface area contributed by atoms with E-state index in [0.717, 1.165) is 41.9 Å². The third-order valence-corrected chi connectivity index (χ3v) is 10.9. The number of aliphatic carboxylic acids is 1. The maximum atomic E-state index is 11.1. The Morgan fingerprint density at radius 2 is 1.70 bits per heavy atom. The van der Waals surface area contributed by atoms with E-state index in [4.69, 9.17) is 5.11 Å². The van der Waals surface area contributed by atoms with Gasteiger partial charge in [-0.3, -0.25) is 4.79 Å². The van der Waals surface area contributed by atoms with Crippen molar-refractivity contribution in [3.63, 3.8) is 0 Å². The summed E-state index contributed by atoms with van der Waals surface area (Å²) in [6.45, 7) is 10.1. The standard InChI is InChI=1S/C26H44O2.CH3.Tl/c1-5-18-16-19-22-11-10-20(17(2)9-12-24(27)28)26(22,4)15-13-23(19)25(3)14-7-6-8-21(18)25;;/h17-23H,5-16H2,1-4H3,(H,27,28);1H3;/t17-,18+,19?,20?,21?,22?,23+,25?,26?;;/m1../s1. The van der Waals surface area contributed by atoms with Crippen LogP contribution in [0.25, 0.3) is 0 Å². The van der Waals surface area contributed by atoms with Crippen LogP contribution < -0.4 is 0 Å². The van der Waals surface area contributed by atoms with Crippen LogP contribution in [0.2, 0.25) is 4.48 Å². The van der Waals surface area contributed by atoms with Crippen molar-refractivity contribution in [3.05, 3.63) is 0 Å². The SMILES string of the molecule is CC[C@H]1CC2C3CCC([C@H](C)CCC(=O)O)C3(C)CC[C@@H]2C2(C)CCCCC12.[CH3][Tl]. The molecule has 4 rings (SSSR count). The number of carboxylic acids is 1. The molecule has 0 spiro atoms. The third kappa shape index (κ3) is 4.30. The van der Waals surface area contributed by atoms with Gasteiger partial charge in [-0.1, -0.05) is 47.0 Å². The molecule has 0 aromatic carbocycles. The van der Waals surface area contributed by atoms with Gasteiger partial charge in [0.1, 0.15) is 0 Å². The second-order valence-corrected chi connectivity index (χ2v) is 11.8. The van der Waals surface area contributed by atoms with Crippen LogP contribution in [-0.2, 0) is 4.79 Å². The fourth-order valence-electron chi connectivity index (χ4n) is 9.55. The molecule has 0 aromatic rings. The summed E-state index contributed by atoms with van der Waals surface area (Å²) >= 11 is 1.17. The summed E-state index contributed by atoms with van der Waals surface area (Å²) in [6, 6.07) is 0. The summed E-state index contributed by atoms with van der Waals surface area (Å²) in [5.41, 5.74) is 1.07. The molecule has 0 saturated heterocycles. The first-order chi connectivity index (χ1) is 14.3. The summed E-state index contributed by atoms with van der Waals surface area (Å²) in [6.07, 6.45) is 15.6. The van der Waals surface area contributed by atoms with E-state index in [-0.39, 0.29) is 0 Å². The molecule has 0 aromatic heterocycles. The number of carbonyl (C=O) groups is 1. The number of hydrogen-bond donors (Lipinski definition) is 1. The van der Waals surface area contributed by atoms with Gasteiger partial charge in [-0.25, -0.2) is 0 Å². The normalized spacial score (nSPS) is 45.9.